The minimum Gasteiger partial charge on any atom is -0.388 e. The van der Waals surface area contributed by atoms with Gasteiger partial charge in [-0.15, -0.1) is 0 Å². The SMILES string of the molecule is CC(O)C(C)(O)O. The lowest BCUT2D eigenvalue weighted by Gasteiger charge is -2.17. The maximum absolute atomic E-state index is 8.40. The molecule has 0 amide bonds. The lowest BCUT2D eigenvalue weighted by molar-refractivity contribution is -0.205. The van der Waals surface area contributed by atoms with Crippen LogP contribution in [0, 0.1) is 0 Å². The van der Waals surface area contributed by atoms with E-state index in [1.54, 1.807) is 0 Å². The maximum Gasteiger partial charge on any atom is 0.186 e. The van der Waals surface area contributed by atoms with Crippen LogP contribution < -0.4 is 0 Å². The van der Waals surface area contributed by atoms with Crippen molar-refractivity contribution in [3.05, 3.63) is 0 Å². The maximum atomic E-state index is 8.40. The van der Waals surface area contributed by atoms with E-state index < -0.39 is 11.9 Å². The van der Waals surface area contributed by atoms with E-state index in [2.05, 4.69) is 0 Å². The molecule has 3 heteroatoms. The third-order valence-corrected chi connectivity index (χ3v) is 0.791. The van der Waals surface area contributed by atoms with Crippen LogP contribution in [0.1, 0.15) is 13.8 Å². The fourth-order valence-corrected chi connectivity index (χ4v) is 0. The zero-order chi connectivity index (χ0) is 6.08. The predicted octanol–water partition coefficient (Wildman–Crippen LogP) is -0.932. The van der Waals surface area contributed by atoms with Crippen LogP contribution in [0.15, 0.2) is 0 Å². The van der Waals surface area contributed by atoms with Crippen molar-refractivity contribution in [3.63, 3.8) is 0 Å². The van der Waals surface area contributed by atoms with Crippen molar-refractivity contribution in [1.29, 1.82) is 0 Å². The van der Waals surface area contributed by atoms with Crippen molar-refractivity contribution in [2.75, 3.05) is 0 Å². The van der Waals surface area contributed by atoms with Crippen LogP contribution in [0.25, 0.3) is 0 Å². The Bertz CT molecular complexity index is 52.4. The van der Waals surface area contributed by atoms with Crippen molar-refractivity contribution in [2.24, 2.45) is 0 Å². The fraction of sp³-hybridized carbons (Fsp3) is 1.00. The molecule has 0 aliphatic heterocycles. The van der Waals surface area contributed by atoms with Crippen LogP contribution in [0.5, 0.6) is 0 Å². The summed E-state index contributed by atoms with van der Waals surface area (Å²) in [6.07, 6.45) is -1.09. The van der Waals surface area contributed by atoms with Gasteiger partial charge in [-0.05, 0) is 13.8 Å². The summed E-state index contributed by atoms with van der Waals surface area (Å²) in [6.45, 7) is 2.43. The van der Waals surface area contributed by atoms with Crippen LogP contribution in [0.2, 0.25) is 0 Å². The van der Waals surface area contributed by atoms with E-state index in [-0.39, 0.29) is 0 Å². The average molecular weight is 106 g/mol. The first-order valence-electron chi connectivity index (χ1n) is 2.07. The Morgan fingerprint density at radius 3 is 1.57 bits per heavy atom. The zero-order valence-corrected chi connectivity index (χ0v) is 4.42. The normalized spacial score (nSPS) is 16.7. The van der Waals surface area contributed by atoms with Crippen molar-refractivity contribution in [1.82, 2.24) is 0 Å². The topological polar surface area (TPSA) is 60.7 Å². The van der Waals surface area contributed by atoms with Gasteiger partial charge in [0.05, 0.1) is 0 Å². The number of aliphatic hydroxyl groups excluding tert-OH is 1. The molecule has 3 N–H and O–H groups in total. The summed E-state index contributed by atoms with van der Waals surface area (Å²) in [5.74, 6) is -1.94. The highest BCUT2D eigenvalue weighted by molar-refractivity contribution is 4.61. The smallest absolute Gasteiger partial charge is 0.186 e. The summed E-state index contributed by atoms with van der Waals surface area (Å²) in [4.78, 5) is 0. The van der Waals surface area contributed by atoms with Crippen LogP contribution in [0.3, 0.4) is 0 Å². The summed E-state index contributed by atoms with van der Waals surface area (Å²) in [5, 5.41) is 25.2. The first-order valence-corrected chi connectivity index (χ1v) is 2.07. The quantitative estimate of drug-likeness (QED) is 0.378. The summed E-state index contributed by atoms with van der Waals surface area (Å²) < 4.78 is 0. The summed E-state index contributed by atoms with van der Waals surface area (Å²) in [5.41, 5.74) is 0. The second kappa shape index (κ2) is 1.78. The molecule has 3 nitrogen and oxygen atoms in total. The van der Waals surface area contributed by atoms with Crippen molar-refractivity contribution in [3.8, 4) is 0 Å². The third-order valence-electron chi connectivity index (χ3n) is 0.791. The Morgan fingerprint density at radius 2 is 1.57 bits per heavy atom. The highest BCUT2D eigenvalue weighted by atomic mass is 16.5. The van der Waals surface area contributed by atoms with Gasteiger partial charge in [-0.2, -0.15) is 0 Å². The van der Waals surface area contributed by atoms with Gasteiger partial charge in [-0.3, -0.25) is 0 Å². The van der Waals surface area contributed by atoms with Gasteiger partial charge >= 0.3 is 0 Å². The Morgan fingerprint density at radius 1 is 1.43 bits per heavy atom. The molecule has 0 heterocycles. The molecular formula is C4H10O3. The number of aliphatic hydroxyl groups is 3. The molecule has 0 aliphatic carbocycles. The van der Waals surface area contributed by atoms with Gasteiger partial charge in [0.25, 0.3) is 0 Å². The Labute approximate surface area is 42.2 Å². The van der Waals surface area contributed by atoms with Crippen LogP contribution in [-0.4, -0.2) is 27.2 Å². The molecule has 1 atom stereocenters. The van der Waals surface area contributed by atoms with Gasteiger partial charge in [0.15, 0.2) is 5.79 Å². The Hall–Kier alpha value is -0.120. The molecule has 0 spiro atoms. The van der Waals surface area contributed by atoms with Gasteiger partial charge in [0.1, 0.15) is 6.10 Å². The molecule has 0 aromatic rings. The van der Waals surface area contributed by atoms with Crippen LogP contribution in [0.4, 0.5) is 0 Å². The standard InChI is InChI=1S/C4H10O3/c1-3(5)4(2,6)7/h3,5-7H,1-2H3. The molecule has 0 aromatic carbocycles. The molecule has 0 radical (unpaired) electrons. The number of rotatable bonds is 1. The van der Waals surface area contributed by atoms with E-state index in [4.69, 9.17) is 15.3 Å². The Balaban J connectivity index is 3.54. The predicted molar refractivity (Wildman–Crippen MR) is 24.5 cm³/mol. The zero-order valence-electron chi connectivity index (χ0n) is 4.42. The molecule has 44 valence electrons. The van der Waals surface area contributed by atoms with E-state index in [9.17, 15) is 0 Å². The molecular weight excluding hydrogens is 96.0 g/mol. The van der Waals surface area contributed by atoms with E-state index >= 15 is 0 Å². The highest BCUT2D eigenvalue weighted by Crippen LogP contribution is 2.01. The lowest BCUT2D eigenvalue weighted by Crippen LogP contribution is -2.36. The lowest BCUT2D eigenvalue weighted by atomic mass is 10.2. The average Bonchev–Trinajstić information content (AvgIpc) is 1.31. The first kappa shape index (κ1) is 6.88. The molecule has 0 saturated heterocycles. The van der Waals surface area contributed by atoms with Gasteiger partial charge in [0, 0.05) is 0 Å². The van der Waals surface area contributed by atoms with Crippen molar-refractivity contribution in [2.45, 2.75) is 25.7 Å². The molecule has 0 saturated carbocycles. The second-order valence-corrected chi connectivity index (χ2v) is 1.77. The van der Waals surface area contributed by atoms with Gasteiger partial charge in [-0.1, -0.05) is 0 Å². The first-order chi connectivity index (χ1) is 2.94. The summed E-state index contributed by atoms with van der Waals surface area (Å²) >= 11 is 0. The monoisotopic (exact) mass is 106 g/mol. The summed E-state index contributed by atoms with van der Waals surface area (Å²) in [7, 11) is 0. The minimum absolute atomic E-state index is 1.09. The van der Waals surface area contributed by atoms with Gasteiger partial charge < -0.3 is 15.3 Å². The molecule has 0 bridgehead atoms. The van der Waals surface area contributed by atoms with Gasteiger partial charge in [0.2, 0.25) is 0 Å². The second-order valence-electron chi connectivity index (χ2n) is 1.77. The minimum atomic E-state index is -1.94. The molecule has 0 aromatic heterocycles. The van der Waals surface area contributed by atoms with Crippen LogP contribution >= 0.6 is 0 Å². The third kappa shape index (κ3) is 2.56. The largest absolute Gasteiger partial charge is 0.388 e. The molecule has 1 unspecified atom stereocenters. The van der Waals surface area contributed by atoms with Crippen molar-refractivity contribution >= 4 is 0 Å². The van der Waals surface area contributed by atoms with Crippen molar-refractivity contribution < 1.29 is 15.3 Å². The van der Waals surface area contributed by atoms with E-state index in [1.165, 1.54) is 6.92 Å². The number of hydrogen-bond donors (Lipinski definition) is 3. The molecule has 0 fully saturated rings. The van der Waals surface area contributed by atoms with Crippen LogP contribution in [-0.2, 0) is 0 Å². The molecule has 7 heavy (non-hydrogen) atoms. The van der Waals surface area contributed by atoms with E-state index in [0.29, 0.717) is 0 Å². The van der Waals surface area contributed by atoms with E-state index in [1.807, 2.05) is 0 Å². The fourth-order valence-electron chi connectivity index (χ4n) is 0. The number of hydrogen-bond acceptors (Lipinski definition) is 3. The van der Waals surface area contributed by atoms with Gasteiger partial charge in [-0.25, -0.2) is 0 Å². The van der Waals surface area contributed by atoms with E-state index in [0.717, 1.165) is 6.92 Å². The highest BCUT2D eigenvalue weighted by Gasteiger charge is 2.21. The molecule has 0 aliphatic rings. The summed E-state index contributed by atoms with van der Waals surface area (Å²) in [6, 6.07) is 0. The Kier molecular flexibility index (Phi) is 1.75. The molecule has 0 rings (SSSR count).